The van der Waals surface area contributed by atoms with Gasteiger partial charge in [-0.05, 0) is 41.5 Å². The SMILES string of the molecule is CC(=O)NCC1CN(c2ccc(-c3ccc(CNCc4nc5ccccc5[nH]4)cc3)c(F)c2)C(=O)O1. The van der Waals surface area contributed by atoms with Gasteiger partial charge in [0.05, 0.1) is 36.4 Å². The summed E-state index contributed by atoms with van der Waals surface area (Å²) in [5.74, 6) is 0.243. The maximum atomic E-state index is 15.0. The molecule has 1 atom stereocenters. The van der Waals surface area contributed by atoms with Crippen LogP contribution in [-0.4, -0.2) is 41.2 Å². The van der Waals surface area contributed by atoms with E-state index in [1.807, 2.05) is 48.5 Å². The molecule has 0 aliphatic carbocycles. The summed E-state index contributed by atoms with van der Waals surface area (Å²) in [5.41, 5.74) is 4.63. The maximum Gasteiger partial charge on any atom is 0.414 e. The van der Waals surface area contributed by atoms with Gasteiger partial charge in [0.2, 0.25) is 5.91 Å². The largest absolute Gasteiger partial charge is 0.442 e. The zero-order valence-electron chi connectivity index (χ0n) is 19.8. The van der Waals surface area contributed by atoms with Gasteiger partial charge >= 0.3 is 6.09 Å². The van der Waals surface area contributed by atoms with Crippen molar-refractivity contribution in [1.29, 1.82) is 0 Å². The topological polar surface area (TPSA) is 99.4 Å². The average Bonchev–Trinajstić information content (AvgIpc) is 3.46. The minimum atomic E-state index is -0.558. The molecule has 1 fully saturated rings. The number of aromatic nitrogens is 2. The minimum Gasteiger partial charge on any atom is -0.442 e. The van der Waals surface area contributed by atoms with E-state index in [-0.39, 0.29) is 19.0 Å². The van der Waals surface area contributed by atoms with Gasteiger partial charge < -0.3 is 20.4 Å². The summed E-state index contributed by atoms with van der Waals surface area (Å²) in [6.45, 7) is 3.12. The van der Waals surface area contributed by atoms with Crippen molar-refractivity contribution in [1.82, 2.24) is 20.6 Å². The number of nitrogens with one attached hydrogen (secondary N) is 3. The van der Waals surface area contributed by atoms with Crippen molar-refractivity contribution >= 4 is 28.7 Å². The second-order valence-electron chi connectivity index (χ2n) is 8.72. The lowest BCUT2D eigenvalue weighted by Crippen LogP contribution is -2.33. The lowest BCUT2D eigenvalue weighted by Gasteiger charge is -2.15. The summed E-state index contributed by atoms with van der Waals surface area (Å²) >= 11 is 0. The van der Waals surface area contributed by atoms with Gasteiger partial charge in [-0.2, -0.15) is 0 Å². The molecular formula is C27H26FN5O3. The number of nitrogens with zero attached hydrogens (tertiary/aromatic N) is 2. The number of halogens is 1. The Labute approximate surface area is 207 Å². The Morgan fingerprint density at radius 3 is 2.69 bits per heavy atom. The first-order valence-corrected chi connectivity index (χ1v) is 11.7. The standard InChI is InChI=1S/C27H26FN5O3/c1-17(34)30-14-21-16-33(27(35)36-21)20-10-11-22(23(28)12-20)19-8-6-18(7-9-19)13-29-15-26-31-24-4-2-3-5-25(24)32-26/h2-12,21,29H,13-16H2,1H3,(H,30,34)(H,31,32). The van der Waals surface area contributed by atoms with Crippen LogP contribution >= 0.6 is 0 Å². The van der Waals surface area contributed by atoms with Gasteiger partial charge in [-0.3, -0.25) is 9.69 Å². The number of imidazole rings is 1. The number of carbonyl (C=O) groups is 2. The number of fused-ring (bicyclic) bond motifs is 1. The molecule has 1 aliphatic rings. The van der Waals surface area contributed by atoms with Crippen molar-refractivity contribution in [2.45, 2.75) is 26.1 Å². The zero-order chi connectivity index (χ0) is 25.1. The summed E-state index contributed by atoms with van der Waals surface area (Å²) in [7, 11) is 0. The van der Waals surface area contributed by atoms with Crippen LogP contribution in [0.3, 0.4) is 0 Å². The lowest BCUT2D eigenvalue weighted by molar-refractivity contribution is -0.119. The zero-order valence-corrected chi connectivity index (χ0v) is 19.8. The molecule has 2 amide bonds. The number of hydrogen-bond donors (Lipinski definition) is 3. The van der Waals surface area contributed by atoms with Gasteiger partial charge in [0.15, 0.2) is 0 Å². The van der Waals surface area contributed by atoms with Gasteiger partial charge in [0, 0.05) is 19.0 Å². The summed E-state index contributed by atoms with van der Waals surface area (Å²) < 4.78 is 20.2. The number of amides is 2. The number of H-pyrrole nitrogens is 1. The lowest BCUT2D eigenvalue weighted by atomic mass is 10.0. The van der Waals surface area contributed by atoms with Crippen LogP contribution in [-0.2, 0) is 22.6 Å². The third-order valence-corrected chi connectivity index (χ3v) is 6.04. The molecule has 1 aliphatic heterocycles. The molecule has 8 nitrogen and oxygen atoms in total. The Balaban J connectivity index is 1.19. The first kappa shape index (κ1) is 23.5. The second-order valence-corrected chi connectivity index (χ2v) is 8.72. The molecule has 0 bridgehead atoms. The molecule has 1 unspecified atom stereocenters. The highest BCUT2D eigenvalue weighted by Gasteiger charge is 2.32. The van der Waals surface area contributed by atoms with Crippen molar-refractivity contribution < 1.29 is 18.7 Å². The van der Waals surface area contributed by atoms with Crippen LogP contribution in [0.4, 0.5) is 14.9 Å². The van der Waals surface area contributed by atoms with E-state index < -0.39 is 18.0 Å². The van der Waals surface area contributed by atoms with Crippen molar-refractivity contribution in [3.63, 3.8) is 0 Å². The number of cyclic esters (lactones) is 1. The molecular weight excluding hydrogens is 461 g/mol. The molecule has 4 aromatic rings. The van der Waals surface area contributed by atoms with Crippen molar-refractivity contribution in [2.24, 2.45) is 0 Å². The fourth-order valence-corrected chi connectivity index (χ4v) is 4.22. The molecule has 5 rings (SSSR count). The van der Waals surface area contributed by atoms with Gasteiger partial charge in [-0.25, -0.2) is 14.2 Å². The van der Waals surface area contributed by atoms with E-state index in [0.29, 0.717) is 24.3 Å². The minimum absolute atomic E-state index is 0.201. The van der Waals surface area contributed by atoms with Crippen molar-refractivity contribution in [2.75, 3.05) is 18.0 Å². The summed E-state index contributed by atoms with van der Waals surface area (Å²) in [4.78, 5) is 32.5. The van der Waals surface area contributed by atoms with E-state index >= 15 is 0 Å². The second kappa shape index (κ2) is 10.2. The molecule has 9 heteroatoms. The van der Waals surface area contributed by atoms with Gasteiger partial charge in [0.25, 0.3) is 0 Å². The molecule has 0 spiro atoms. The summed E-state index contributed by atoms with van der Waals surface area (Å²) in [6.07, 6.45) is -1.03. The quantitative estimate of drug-likeness (QED) is 0.347. The molecule has 0 saturated carbocycles. The van der Waals surface area contributed by atoms with Crippen LogP contribution in [0.25, 0.3) is 22.2 Å². The fraction of sp³-hybridized carbons (Fsp3) is 0.222. The van der Waals surface area contributed by atoms with Crippen LogP contribution in [0.2, 0.25) is 0 Å². The van der Waals surface area contributed by atoms with Gasteiger partial charge in [-0.1, -0.05) is 36.4 Å². The van der Waals surface area contributed by atoms with Crippen molar-refractivity contribution in [3.8, 4) is 11.1 Å². The third-order valence-electron chi connectivity index (χ3n) is 6.04. The number of rotatable bonds is 8. The van der Waals surface area contributed by atoms with Crippen molar-refractivity contribution in [3.05, 3.63) is 83.9 Å². The molecule has 2 heterocycles. The van der Waals surface area contributed by atoms with Crippen LogP contribution in [0.15, 0.2) is 66.7 Å². The smallest absolute Gasteiger partial charge is 0.414 e. The number of carbonyl (C=O) groups excluding carboxylic acids is 2. The number of anilines is 1. The van der Waals surface area contributed by atoms with E-state index in [1.54, 1.807) is 12.1 Å². The Kier molecular flexibility index (Phi) is 6.64. The Morgan fingerprint density at radius 1 is 1.14 bits per heavy atom. The molecule has 3 N–H and O–H groups in total. The number of aromatic amines is 1. The Morgan fingerprint density at radius 2 is 1.94 bits per heavy atom. The third kappa shape index (κ3) is 5.21. The summed E-state index contributed by atoms with van der Waals surface area (Å²) in [6, 6.07) is 20.3. The molecule has 0 radical (unpaired) electrons. The molecule has 1 aromatic heterocycles. The predicted molar refractivity (Wildman–Crippen MR) is 135 cm³/mol. The maximum absolute atomic E-state index is 15.0. The summed E-state index contributed by atoms with van der Waals surface area (Å²) in [5, 5.41) is 6.00. The monoisotopic (exact) mass is 487 g/mol. The Bertz CT molecular complexity index is 1370. The van der Waals surface area contributed by atoms with E-state index in [0.717, 1.165) is 28.0 Å². The average molecular weight is 488 g/mol. The van der Waals surface area contributed by atoms with Crippen LogP contribution in [0, 0.1) is 5.82 Å². The predicted octanol–water partition coefficient (Wildman–Crippen LogP) is 4.12. The van der Waals surface area contributed by atoms with E-state index in [2.05, 4.69) is 20.6 Å². The highest BCUT2D eigenvalue weighted by atomic mass is 19.1. The molecule has 184 valence electrons. The van der Waals surface area contributed by atoms with E-state index in [9.17, 15) is 14.0 Å². The number of benzene rings is 3. The highest BCUT2D eigenvalue weighted by molar-refractivity contribution is 5.90. The first-order valence-electron chi connectivity index (χ1n) is 11.7. The normalized spacial score (nSPS) is 15.3. The number of para-hydroxylation sites is 2. The molecule has 36 heavy (non-hydrogen) atoms. The van der Waals surface area contributed by atoms with E-state index in [1.165, 1.54) is 17.9 Å². The van der Waals surface area contributed by atoms with Crippen LogP contribution < -0.4 is 15.5 Å². The molecule has 1 saturated heterocycles. The van der Waals surface area contributed by atoms with Crippen LogP contribution in [0.5, 0.6) is 0 Å². The number of hydrogen-bond acceptors (Lipinski definition) is 5. The van der Waals surface area contributed by atoms with Gasteiger partial charge in [0.1, 0.15) is 17.7 Å². The first-order chi connectivity index (χ1) is 17.5. The molecule has 3 aromatic carbocycles. The Hall–Kier alpha value is -4.24. The van der Waals surface area contributed by atoms with Crippen LogP contribution in [0.1, 0.15) is 18.3 Å². The number of ether oxygens (including phenoxy) is 1. The van der Waals surface area contributed by atoms with Gasteiger partial charge in [-0.15, -0.1) is 0 Å². The van der Waals surface area contributed by atoms with E-state index in [4.69, 9.17) is 4.74 Å². The highest BCUT2D eigenvalue weighted by Crippen LogP contribution is 2.29. The fourth-order valence-electron chi connectivity index (χ4n) is 4.22.